The molecule has 1 fully saturated rings. The molecule has 3 N–H and O–H groups in total. The number of nitrogens with one attached hydrogen (secondary N) is 3. The van der Waals surface area contributed by atoms with Crippen molar-refractivity contribution in [2.45, 2.75) is 19.4 Å². The van der Waals surface area contributed by atoms with Crippen molar-refractivity contribution in [2.75, 3.05) is 18.0 Å². The lowest BCUT2D eigenvalue weighted by Crippen LogP contribution is -2.48. The fourth-order valence-corrected chi connectivity index (χ4v) is 2.51. The number of hydrogen-bond acceptors (Lipinski definition) is 3. The Morgan fingerprint density at radius 1 is 1.24 bits per heavy atom. The Labute approximate surface area is 122 Å². The first-order valence-electron chi connectivity index (χ1n) is 6.95. The topological polar surface area (TPSA) is 85.8 Å². The number of carbonyl (C=O) groups excluding carboxylic acids is 2. The summed E-state index contributed by atoms with van der Waals surface area (Å²) in [5, 5.41) is 9.66. The fraction of sp³-hybridized carbons (Fsp3) is 0.357. The lowest BCUT2D eigenvalue weighted by Gasteiger charge is -2.28. The van der Waals surface area contributed by atoms with E-state index in [-0.39, 0.29) is 18.1 Å². The minimum absolute atomic E-state index is 0.0636. The zero-order valence-electron chi connectivity index (χ0n) is 11.7. The highest BCUT2D eigenvalue weighted by atomic mass is 16.2. The average Bonchev–Trinajstić information content (AvgIpc) is 2.48. The Kier molecular flexibility index (Phi) is 3.47. The molecule has 0 saturated carbocycles. The van der Waals surface area contributed by atoms with Crippen LogP contribution in [0.3, 0.4) is 0 Å². The number of nitrogens with zero attached hydrogens (tertiary/aromatic N) is 2. The molecule has 2 aliphatic heterocycles. The summed E-state index contributed by atoms with van der Waals surface area (Å²) in [4.78, 5) is 24.7. The van der Waals surface area contributed by atoms with Gasteiger partial charge in [0.1, 0.15) is 0 Å². The first-order chi connectivity index (χ1) is 10.1. The summed E-state index contributed by atoms with van der Waals surface area (Å²) in [6, 6.07) is 7.09. The van der Waals surface area contributed by atoms with Crippen LogP contribution < -0.4 is 21.0 Å². The second-order valence-electron chi connectivity index (χ2n) is 5.09. The highest BCUT2D eigenvalue weighted by molar-refractivity contribution is 6.07. The first-order valence-corrected chi connectivity index (χ1v) is 6.95. The molecule has 110 valence electrons. The number of rotatable bonds is 2. The molecule has 21 heavy (non-hydrogen) atoms. The van der Waals surface area contributed by atoms with Gasteiger partial charge >= 0.3 is 12.1 Å². The van der Waals surface area contributed by atoms with Crippen LogP contribution in [0.2, 0.25) is 0 Å². The van der Waals surface area contributed by atoms with E-state index < -0.39 is 0 Å². The van der Waals surface area contributed by atoms with Gasteiger partial charge in [-0.3, -0.25) is 4.90 Å². The Morgan fingerprint density at radius 2 is 2.00 bits per heavy atom. The number of amides is 4. The SMILES string of the molecule is CC1NC(=O)NN=C1c1ccc(N2CCCNC2=O)cc1. The number of benzene rings is 1. The zero-order chi connectivity index (χ0) is 14.8. The van der Waals surface area contributed by atoms with Crippen molar-refractivity contribution in [3.05, 3.63) is 29.8 Å². The van der Waals surface area contributed by atoms with Crippen LogP contribution >= 0.6 is 0 Å². The third kappa shape index (κ3) is 2.67. The molecule has 1 aromatic rings. The summed E-state index contributed by atoms with van der Waals surface area (Å²) in [6.07, 6.45) is 0.938. The minimum Gasteiger partial charge on any atom is -0.338 e. The van der Waals surface area contributed by atoms with E-state index in [1.807, 2.05) is 31.2 Å². The smallest absolute Gasteiger partial charge is 0.335 e. The molecule has 2 aliphatic rings. The van der Waals surface area contributed by atoms with Crippen LogP contribution in [0.1, 0.15) is 18.9 Å². The molecule has 0 aliphatic carbocycles. The molecular weight excluding hydrogens is 270 g/mol. The number of carbonyl (C=O) groups is 2. The van der Waals surface area contributed by atoms with Gasteiger partial charge in [0.25, 0.3) is 0 Å². The molecule has 2 heterocycles. The molecule has 1 atom stereocenters. The van der Waals surface area contributed by atoms with Gasteiger partial charge in [-0.1, -0.05) is 12.1 Å². The maximum absolute atomic E-state index is 11.8. The lowest BCUT2D eigenvalue weighted by molar-refractivity contribution is 0.238. The maximum Gasteiger partial charge on any atom is 0.335 e. The Bertz CT molecular complexity index is 596. The van der Waals surface area contributed by atoms with Crippen molar-refractivity contribution in [3.8, 4) is 0 Å². The number of hydrogen-bond donors (Lipinski definition) is 3. The predicted molar refractivity (Wildman–Crippen MR) is 79.5 cm³/mol. The van der Waals surface area contributed by atoms with Crippen molar-refractivity contribution in [1.82, 2.24) is 16.1 Å². The largest absolute Gasteiger partial charge is 0.338 e. The molecule has 1 aromatic carbocycles. The molecule has 0 aromatic heterocycles. The molecule has 7 nitrogen and oxygen atoms in total. The van der Waals surface area contributed by atoms with Crippen LogP contribution in [0.15, 0.2) is 29.4 Å². The molecular formula is C14H17N5O2. The average molecular weight is 287 g/mol. The maximum atomic E-state index is 11.8. The van der Waals surface area contributed by atoms with E-state index in [2.05, 4.69) is 21.2 Å². The summed E-state index contributed by atoms with van der Waals surface area (Å²) >= 11 is 0. The van der Waals surface area contributed by atoms with E-state index in [0.717, 1.165) is 36.5 Å². The molecule has 0 spiro atoms. The second kappa shape index (κ2) is 5.43. The van der Waals surface area contributed by atoms with Crippen molar-refractivity contribution in [2.24, 2.45) is 5.10 Å². The lowest BCUT2D eigenvalue weighted by atomic mass is 10.0. The molecule has 0 bridgehead atoms. The van der Waals surface area contributed by atoms with Crippen LogP contribution in [-0.2, 0) is 0 Å². The Morgan fingerprint density at radius 3 is 2.67 bits per heavy atom. The highest BCUT2D eigenvalue weighted by Crippen LogP contribution is 2.19. The van der Waals surface area contributed by atoms with Gasteiger partial charge in [-0.05, 0) is 25.5 Å². The summed E-state index contributed by atoms with van der Waals surface area (Å²) in [5.74, 6) is 0. The van der Waals surface area contributed by atoms with Gasteiger partial charge in [0.2, 0.25) is 0 Å². The van der Waals surface area contributed by atoms with E-state index in [9.17, 15) is 9.59 Å². The summed E-state index contributed by atoms with van der Waals surface area (Å²) in [5.41, 5.74) is 4.95. The monoisotopic (exact) mass is 287 g/mol. The van der Waals surface area contributed by atoms with Crippen LogP contribution in [0.4, 0.5) is 15.3 Å². The van der Waals surface area contributed by atoms with Crippen LogP contribution in [0, 0.1) is 0 Å². The third-order valence-electron chi connectivity index (χ3n) is 3.59. The number of urea groups is 2. The van der Waals surface area contributed by atoms with Gasteiger partial charge < -0.3 is 10.6 Å². The van der Waals surface area contributed by atoms with Gasteiger partial charge in [0, 0.05) is 24.3 Å². The van der Waals surface area contributed by atoms with Crippen molar-refractivity contribution in [3.63, 3.8) is 0 Å². The highest BCUT2D eigenvalue weighted by Gasteiger charge is 2.22. The van der Waals surface area contributed by atoms with E-state index in [1.165, 1.54) is 0 Å². The molecule has 1 saturated heterocycles. The van der Waals surface area contributed by atoms with Gasteiger partial charge in [-0.2, -0.15) is 5.10 Å². The van der Waals surface area contributed by atoms with Gasteiger partial charge in [-0.15, -0.1) is 0 Å². The van der Waals surface area contributed by atoms with E-state index in [0.29, 0.717) is 0 Å². The first kappa shape index (κ1) is 13.4. The fourth-order valence-electron chi connectivity index (χ4n) is 2.51. The van der Waals surface area contributed by atoms with Crippen molar-refractivity contribution >= 4 is 23.5 Å². The predicted octanol–water partition coefficient (Wildman–Crippen LogP) is 1.01. The van der Waals surface area contributed by atoms with Crippen LogP contribution in [0.25, 0.3) is 0 Å². The number of hydrazone groups is 1. The summed E-state index contributed by atoms with van der Waals surface area (Å²) in [7, 11) is 0. The number of anilines is 1. The normalized spacial score (nSPS) is 22.0. The molecule has 4 amide bonds. The van der Waals surface area contributed by atoms with Crippen LogP contribution in [-0.4, -0.2) is 36.9 Å². The second-order valence-corrected chi connectivity index (χ2v) is 5.09. The Hall–Kier alpha value is -2.57. The van der Waals surface area contributed by atoms with Gasteiger partial charge in [0.05, 0.1) is 11.8 Å². The van der Waals surface area contributed by atoms with E-state index in [1.54, 1.807) is 4.90 Å². The molecule has 7 heteroatoms. The summed E-state index contributed by atoms with van der Waals surface area (Å²) in [6.45, 7) is 3.33. The standard InChI is InChI=1S/C14H17N5O2/c1-9-12(17-18-13(20)16-9)10-3-5-11(6-4-10)19-8-2-7-15-14(19)21/h3-6,9H,2,7-8H2,1H3,(H,15,21)(H2,16,18,20). The molecule has 0 radical (unpaired) electrons. The van der Waals surface area contributed by atoms with Crippen molar-refractivity contribution < 1.29 is 9.59 Å². The quantitative estimate of drug-likeness (QED) is 0.758. The Balaban J connectivity index is 1.81. The van der Waals surface area contributed by atoms with Crippen LogP contribution in [0.5, 0.6) is 0 Å². The van der Waals surface area contributed by atoms with Crippen molar-refractivity contribution in [1.29, 1.82) is 0 Å². The third-order valence-corrected chi connectivity index (χ3v) is 3.59. The van der Waals surface area contributed by atoms with Gasteiger partial charge in [-0.25, -0.2) is 15.0 Å². The molecule has 1 unspecified atom stereocenters. The zero-order valence-corrected chi connectivity index (χ0v) is 11.7. The van der Waals surface area contributed by atoms with E-state index in [4.69, 9.17) is 0 Å². The molecule has 3 rings (SSSR count). The van der Waals surface area contributed by atoms with E-state index >= 15 is 0 Å². The summed E-state index contributed by atoms with van der Waals surface area (Å²) < 4.78 is 0. The minimum atomic E-state index is -0.298. The van der Waals surface area contributed by atoms with Gasteiger partial charge in [0.15, 0.2) is 0 Å².